The van der Waals surface area contributed by atoms with Gasteiger partial charge in [-0.05, 0) is 37.5 Å². The normalized spacial score (nSPS) is 21.5. The Bertz CT molecular complexity index is 560. The van der Waals surface area contributed by atoms with Crippen molar-refractivity contribution in [1.82, 2.24) is 4.31 Å². The van der Waals surface area contributed by atoms with Gasteiger partial charge in [0.25, 0.3) is 0 Å². The smallest absolute Gasteiger partial charge is 0.246 e. The van der Waals surface area contributed by atoms with Crippen molar-refractivity contribution in [3.05, 3.63) is 29.6 Å². The monoisotopic (exact) mass is 286 g/mol. The Morgan fingerprint density at radius 1 is 1.42 bits per heavy atom. The summed E-state index contributed by atoms with van der Waals surface area (Å²) in [6.07, 6.45) is 2.50. The molecular weight excluding hydrogens is 267 g/mol. The number of halogens is 1. The fraction of sp³-hybridized carbons (Fsp3) is 0.538. The Hall–Kier alpha value is -0.980. The summed E-state index contributed by atoms with van der Waals surface area (Å²) in [4.78, 5) is -0.243. The first-order valence-electron chi connectivity index (χ1n) is 6.45. The number of nitrogens with zero attached hydrogens (tertiary/aromatic N) is 1. The van der Waals surface area contributed by atoms with E-state index in [9.17, 15) is 12.8 Å². The molecule has 1 aromatic rings. The van der Waals surface area contributed by atoms with Gasteiger partial charge in [-0.15, -0.1) is 0 Å². The predicted molar refractivity (Wildman–Crippen MR) is 71.7 cm³/mol. The standard InChI is InChI=1S/C13H19FN2O2S/c1-10-5-6-12(14)13(8-10)19(17,18)16-7-3-2-4-11(16)9-15/h5-6,8,11H,2-4,7,9,15H2,1H3/t11-/m1/s1. The van der Waals surface area contributed by atoms with E-state index >= 15 is 0 Å². The van der Waals surface area contributed by atoms with E-state index in [4.69, 9.17) is 5.73 Å². The van der Waals surface area contributed by atoms with Crippen LogP contribution in [0.1, 0.15) is 24.8 Å². The van der Waals surface area contributed by atoms with E-state index in [1.807, 2.05) is 0 Å². The van der Waals surface area contributed by atoms with Crippen molar-refractivity contribution in [3.63, 3.8) is 0 Å². The highest BCUT2D eigenvalue weighted by Crippen LogP contribution is 2.26. The van der Waals surface area contributed by atoms with E-state index in [1.165, 1.54) is 16.4 Å². The second-order valence-corrected chi connectivity index (χ2v) is 6.79. The molecule has 2 N–H and O–H groups in total. The number of rotatable bonds is 3. The molecule has 1 saturated heterocycles. The zero-order valence-corrected chi connectivity index (χ0v) is 11.8. The quantitative estimate of drug-likeness (QED) is 0.918. The first-order chi connectivity index (χ1) is 8.96. The number of aryl methyl sites for hydroxylation is 1. The van der Waals surface area contributed by atoms with Crippen molar-refractivity contribution in [2.45, 2.75) is 37.1 Å². The molecule has 1 fully saturated rings. The van der Waals surface area contributed by atoms with Crippen LogP contribution in [0.15, 0.2) is 23.1 Å². The van der Waals surface area contributed by atoms with Gasteiger partial charge in [0.15, 0.2) is 0 Å². The van der Waals surface area contributed by atoms with Crippen molar-refractivity contribution in [2.75, 3.05) is 13.1 Å². The van der Waals surface area contributed by atoms with Crippen LogP contribution in [0.2, 0.25) is 0 Å². The Labute approximate surface area is 113 Å². The van der Waals surface area contributed by atoms with Gasteiger partial charge in [-0.2, -0.15) is 4.31 Å². The topological polar surface area (TPSA) is 63.4 Å². The van der Waals surface area contributed by atoms with Crippen LogP contribution < -0.4 is 5.73 Å². The van der Waals surface area contributed by atoms with E-state index < -0.39 is 15.8 Å². The molecule has 0 bridgehead atoms. The number of benzene rings is 1. The molecule has 106 valence electrons. The van der Waals surface area contributed by atoms with Gasteiger partial charge in [-0.25, -0.2) is 12.8 Å². The summed E-state index contributed by atoms with van der Waals surface area (Å²) >= 11 is 0. The number of hydrogen-bond donors (Lipinski definition) is 1. The minimum absolute atomic E-state index is 0.223. The fourth-order valence-corrected chi connectivity index (χ4v) is 4.32. The summed E-state index contributed by atoms with van der Waals surface area (Å²) in [5, 5.41) is 0. The number of sulfonamides is 1. The summed E-state index contributed by atoms with van der Waals surface area (Å²) < 4.78 is 40.3. The molecule has 0 saturated carbocycles. The van der Waals surface area contributed by atoms with Gasteiger partial charge in [0.2, 0.25) is 10.0 Å². The third-order valence-corrected chi connectivity index (χ3v) is 5.49. The molecule has 1 aliphatic rings. The van der Waals surface area contributed by atoms with Gasteiger partial charge in [0.1, 0.15) is 10.7 Å². The summed E-state index contributed by atoms with van der Waals surface area (Å²) in [5.41, 5.74) is 6.36. The Balaban J connectivity index is 2.43. The van der Waals surface area contributed by atoms with Crippen LogP contribution in [0.5, 0.6) is 0 Å². The first kappa shape index (κ1) is 14.4. The van der Waals surface area contributed by atoms with Crippen LogP contribution in [0.25, 0.3) is 0 Å². The molecule has 2 rings (SSSR count). The number of piperidine rings is 1. The molecule has 1 heterocycles. The van der Waals surface area contributed by atoms with Crippen LogP contribution in [0.4, 0.5) is 4.39 Å². The highest BCUT2D eigenvalue weighted by Gasteiger charge is 2.34. The molecule has 0 spiro atoms. The van der Waals surface area contributed by atoms with E-state index in [-0.39, 0.29) is 17.5 Å². The molecule has 6 heteroatoms. The average Bonchev–Trinajstić information content (AvgIpc) is 2.41. The van der Waals surface area contributed by atoms with Gasteiger partial charge < -0.3 is 5.73 Å². The predicted octanol–water partition coefficient (Wildman–Crippen LogP) is 1.64. The van der Waals surface area contributed by atoms with Crippen LogP contribution in [-0.2, 0) is 10.0 Å². The van der Waals surface area contributed by atoms with Gasteiger partial charge in [0, 0.05) is 19.1 Å². The van der Waals surface area contributed by atoms with Crippen LogP contribution in [0, 0.1) is 12.7 Å². The molecule has 1 aliphatic heterocycles. The summed E-state index contributed by atoms with van der Waals surface area (Å²) in [5.74, 6) is -0.702. The van der Waals surface area contributed by atoms with Crippen LogP contribution in [-0.4, -0.2) is 31.9 Å². The molecule has 0 aliphatic carbocycles. The van der Waals surface area contributed by atoms with Gasteiger partial charge in [-0.3, -0.25) is 0 Å². The number of hydrogen-bond acceptors (Lipinski definition) is 3. The average molecular weight is 286 g/mol. The lowest BCUT2D eigenvalue weighted by Gasteiger charge is -2.34. The van der Waals surface area contributed by atoms with E-state index in [0.29, 0.717) is 6.54 Å². The maximum absolute atomic E-state index is 13.8. The minimum Gasteiger partial charge on any atom is -0.329 e. The molecule has 0 unspecified atom stereocenters. The summed E-state index contributed by atoms with van der Waals surface area (Å²) in [6, 6.07) is 3.92. The lowest BCUT2D eigenvalue weighted by atomic mass is 10.1. The minimum atomic E-state index is -3.80. The second kappa shape index (κ2) is 5.56. The molecule has 4 nitrogen and oxygen atoms in total. The Kier molecular flexibility index (Phi) is 4.23. The van der Waals surface area contributed by atoms with Crippen molar-refractivity contribution >= 4 is 10.0 Å². The van der Waals surface area contributed by atoms with Crippen molar-refractivity contribution < 1.29 is 12.8 Å². The van der Waals surface area contributed by atoms with E-state index in [2.05, 4.69) is 0 Å². The third kappa shape index (κ3) is 2.80. The first-order valence-corrected chi connectivity index (χ1v) is 7.89. The maximum Gasteiger partial charge on any atom is 0.246 e. The number of nitrogens with two attached hydrogens (primary N) is 1. The molecular formula is C13H19FN2O2S. The Morgan fingerprint density at radius 3 is 2.84 bits per heavy atom. The highest BCUT2D eigenvalue weighted by atomic mass is 32.2. The third-order valence-electron chi connectivity index (χ3n) is 3.52. The highest BCUT2D eigenvalue weighted by molar-refractivity contribution is 7.89. The van der Waals surface area contributed by atoms with Crippen molar-refractivity contribution in [3.8, 4) is 0 Å². The summed E-state index contributed by atoms with van der Waals surface area (Å²) in [6.45, 7) is 2.43. The molecule has 0 aromatic heterocycles. The molecule has 19 heavy (non-hydrogen) atoms. The Morgan fingerprint density at radius 2 is 2.16 bits per heavy atom. The van der Waals surface area contributed by atoms with Crippen LogP contribution >= 0.6 is 0 Å². The summed E-state index contributed by atoms with van der Waals surface area (Å²) in [7, 11) is -3.80. The fourth-order valence-electron chi connectivity index (χ4n) is 2.46. The second-order valence-electron chi connectivity index (χ2n) is 4.93. The van der Waals surface area contributed by atoms with Crippen LogP contribution in [0.3, 0.4) is 0 Å². The SMILES string of the molecule is Cc1ccc(F)c(S(=O)(=O)N2CCCC[C@@H]2CN)c1. The lowest BCUT2D eigenvalue weighted by Crippen LogP contribution is -2.47. The molecule has 1 atom stereocenters. The van der Waals surface area contributed by atoms with Gasteiger partial charge >= 0.3 is 0 Å². The van der Waals surface area contributed by atoms with Gasteiger partial charge in [0.05, 0.1) is 0 Å². The molecule has 0 amide bonds. The van der Waals surface area contributed by atoms with E-state index in [0.717, 1.165) is 24.8 Å². The molecule has 0 radical (unpaired) electrons. The zero-order chi connectivity index (χ0) is 14.0. The van der Waals surface area contributed by atoms with E-state index in [1.54, 1.807) is 13.0 Å². The van der Waals surface area contributed by atoms with Crippen molar-refractivity contribution in [1.29, 1.82) is 0 Å². The largest absolute Gasteiger partial charge is 0.329 e. The van der Waals surface area contributed by atoms with Gasteiger partial charge in [-0.1, -0.05) is 12.5 Å². The molecule has 1 aromatic carbocycles. The van der Waals surface area contributed by atoms with Crippen molar-refractivity contribution in [2.24, 2.45) is 5.73 Å². The maximum atomic E-state index is 13.8. The zero-order valence-electron chi connectivity index (χ0n) is 11.0. The lowest BCUT2D eigenvalue weighted by molar-refractivity contribution is 0.257.